The van der Waals surface area contributed by atoms with Crippen LogP contribution in [0.2, 0.25) is 0 Å². The normalized spacial score (nSPS) is 11.3. The van der Waals surface area contributed by atoms with Crippen molar-refractivity contribution >= 4 is 21.7 Å². The van der Waals surface area contributed by atoms with E-state index < -0.39 is 10.0 Å². The van der Waals surface area contributed by atoms with E-state index in [0.717, 1.165) is 0 Å². The zero-order valence-corrected chi connectivity index (χ0v) is 11.8. The van der Waals surface area contributed by atoms with Crippen molar-refractivity contribution in [3.05, 3.63) is 11.9 Å². The molecule has 0 amide bonds. The van der Waals surface area contributed by atoms with Gasteiger partial charge < -0.3 is 15.4 Å². The Labute approximate surface area is 112 Å². The summed E-state index contributed by atoms with van der Waals surface area (Å²) >= 11 is 0. The Morgan fingerprint density at radius 3 is 2.63 bits per heavy atom. The van der Waals surface area contributed by atoms with Crippen LogP contribution in [0.1, 0.15) is 12.7 Å². The fourth-order valence-corrected chi connectivity index (χ4v) is 1.68. The fraction of sp³-hybridized carbons (Fsp3) is 0.600. The van der Waals surface area contributed by atoms with Gasteiger partial charge in [-0.25, -0.2) is 23.5 Å². The molecule has 0 fully saturated rings. The SMILES string of the molecule is CCOCc1nc(NC)cc(NCCS(N)(=O)=O)n1. The Morgan fingerprint density at radius 1 is 1.37 bits per heavy atom. The lowest BCUT2D eigenvalue weighted by Crippen LogP contribution is -2.22. The number of ether oxygens (including phenoxy) is 1. The van der Waals surface area contributed by atoms with Crippen LogP contribution < -0.4 is 15.8 Å². The molecule has 0 aromatic carbocycles. The molecule has 0 radical (unpaired) electrons. The van der Waals surface area contributed by atoms with E-state index in [9.17, 15) is 8.42 Å². The van der Waals surface area contributed by atoms with Crippen molar-refractivity contribution in [2.24, 2.45) is 5.14 Å². The number of rotatable bonds is 8. The van der Waals surface area contributed by atoms with Gasteiger partial charge in [0, 0.05) is 26.3 Å². The smallest absolute Gasteiger partial charge is 0.210 e. The molecule has 0 aliphatic rings. The second kappa shape index (κ2) is 7.22. The Kier molecular flexibility index (Phi) is 5.93. The molecule has 1 rings (SSSR count). The van der Waals surface area contributed by atoms with Gasteiger partial charge >= 0.3 is 0 Å². The molecule has 4 N–H and O–H groups in total. The van der Waals surface area contributed by atoms with Crippen LogP contribution in [0.15, 0.2) is 6.07 Å². The van der Waals surface area contributed by atoms with E-state index in [4.69, 9.17) is 9.88 Å². The van der Waals surface area contributed by atoms with E-state index in [1.807, 2.05) is 6.92 Å². The van der Waals surface area contributed by atoms with Crippen molar-refractivity contribution in [1.29, 1.82) is 0 Å². The molecule has 1 aromatic heterocycles. The number of aromatic nitrogens is 2. The van der Waals surface area contributed by atoms with Crippen molar-refractivity contribution in [3.8, 4) is 0 Å². The number of nitrogens with one attached hydrogen (secondary N) is 2. The molecule has 1 heterocycles. The van der Waals surface area contributed by atoms with Crippen molar-refractivity contribution in [2.75, 3.05) is 36.6 Å². The van der Waals surface area contributed by atoms with Crippen LogP contribution in [0.25, 0.3) is 0 Å². The predicted molar refractivity (Wildman–Crippen MR) is 73.4 cm³/mol. The van der Waals surface area contributed by atoms with Gasteiger partial charge in [-0.1, -0.05) is 0 Å². The maximum Gasteiger partial charge on any atom is 0.210 e. The van der Waals surface area contributed by atoms with E-state index >= 15 is 0 Å². The van der Waals surface area contributed by atoms with Gasteiger partial charge in [0.05, 0.1) is 5.75 Å². The van der Waals surface area contributed by atoms with Gasteiger partial charge in [0.1, 0.15) is 18.2 Å². The zero-order chi connectivity index (χ0) is 14.3. The van der Waals surface area contributed by atoms with Gasteiger partial charge in [0.25, 0.3) is 0 Å². The quantitative estimate of drug-likeness (QED) is 0.604. The van der Waals surface area contributed by atoms with Crippen LogP contribution in [0.3, 0.4) is 0 Å². The molecule has 9 heteroatoms. The largest absolute Gasteiger partial charge is 0.374 e. The highest BCUT2D eigenvalue weighted by Gasteiger charge is 2.06. The summed E-state index contributed by atoms with van der Waals surface area (Å²) in [6, 6.07) is 1.68. The highest BCUT2D eigenvalue weighted by Crippen LogP contribution is 2.11. The summed E-state index contributed by atoms with van der Waals surface area (Å²) in [6.07, 6.45) is 0. The van der Waals surface area contributed by atoms with Crippen molar-refractivity contribution < 1.29 is 13.2 Å². The summed E-state index contributed by atoms with van der Waals surface area (Å²) in [7, 11) is -1.74. The Balaban J connectivity index is 2.70. The summed E-state index contributed by atoms with van der Waals surface area (Å²) < 4.78 is 26.9. The minimum atomic E-state index is -3.48. The second-order valence-electron chi connectivity index (χ2n) is 3.74. The molecule has 0 unspecified atom stereocenters. The maximum absolute atomic E-state index is 10.8. The lowest BCUT2D eigenvalue weighted by Gasteiger charge is -2.09. The van der Waals surface area contributed by atoms with Crippen molar-refractivity contribution in [2.45, 2.75) is 13.5 Å². The standard InChI is InChI=1S/C10H19N5O3S/c1-3-18-7-10-14-8(12-2)6-9(15-10)13-4-5-19(11,16)17/h6H,3-5,7H2,1-2H3,(H2,11,16,17)(H2,12,13,14,15). The topological polar surface area (TPSA) is 119 Å². The molecule has 108 valence electrons. The number of hydrogen-bond acceptors (Lipinski definition) is 7. The monoisotopic (exact) mass is 289 g/mol. The highest BCUT2D eigenvalue weighted by atomic mass is 32.2. The minimum absolute atomic E-state index is 0.160. The molecule has 19 heavy (non-hydrogen) atoms. The van der Waals surface area contributed by atoms with Gasteiger partial charge in [-0.05, 0) is 6.92 Å². The molecule has 0 atom stereocenters. The third-order valence-corrected chi connectivity index (χ3v) is 2.93. The van der Waals surface area contributed by atoms with Gasteiger partial charge in [-0.2, -0.15) is 0 Å². The van der Waals surface area contributed by atoms with Crippen molar-refractivity contribution in [1.82, 2.24) is 9.97 Å². The molecule has 8 nitrogen and oxygen atoms in total. The first-order valence-electron chi connectivity index (χ1n) is 5.82. The number of sulfonamides is 1. The van der Waals surface area contributed by atoms with Crippen LogP contribution in [0.4, 0.5) is 11.6 Å². The summed E-state index contributed by atoms with van der Waals surface area (Å²) in [5, 5.41) is 10.7. The van der Waals surface area contributed by atoms with Crippen molar-refractivity contribution in [3.63, 3.8) is 0 Å². The van der Waals surface area contributed by atoms with E-state index in [0.29, 0.717) is 30.7 Å². The molecule has 0 aliphatic carbocycles. The van der Waals surface area contributed by atoms with Crippen LogP contribution in [0, 0.1) is 0 Å². The first kappa shape index (κ1) is 15.6. The first-order valence-corrected chi connectivity index (χ1v) is 7.54. The average Bonchev–Trinajstić information content (AvgIpc) is 2.34. The third-order valence-electron chi connectivity index (χ3n) is 2.16. The summed E-state index contributed by atoms with van der Waals surface area (Å²) in [5.74, 6) is 1.51. The van der Waals surface area contributed by atoms with Gasteiger partial charge in [-0.15, -0.1) is 0 Å². The number of hydrogen-bond donors (Lipinski definition) is 3. The Bertz CT molecular complexity index is 506. The molecule has 0 bridgehead atoms. The maximum atomic E-state index is 10.8. The molecule has 0 saturated heterocycles. The average molecular weight is 289 g/mol. The van der Waals surface area contributed by atoms with Crippen LogP contribution in [0.5, 0.6) is 0 Å². The fourth-order valence-electron chi connectivity index (χ4n) is 1.30. The number of nitrogens with two attached hydrogens (primary N) is 1. The number of primary sulfonamides is 1. The van der Waals surface area contributed by atoms with Crippen LogP contribution in [-0.4, -0.2) is 44.3 Å². The summed E-state index contributed by atoms with van der Waals surface area (Å²) in [4.78, 5) is 8.43. The molecule has 0 spiro atoms. The van der Waals surface area contributed by atoms with Crippen LogP contribution in [-0.2, 0) is 21.4 Å². The lowest BCUT2D eigenvalue weighted by atomic mass is 10.4. The predicted octanol–water partition coefficient (Wildman–Crippen LogP) is -0.245. The van der Waals surface area contributed by atoms with Gasteiger partial charge in [0.15, 0.2) is 5.82 Å². The van der Waals surface area contributed by atoms with E-state index in [1.165, 1.54) is 0 Å². The zero-order valence-electron chi connectivity index (χ0n) is 11.0. The number of anilines is 2. The Morgan fingerprint density at radius 2 is 2.05 bits per heavy atom. The first-order chi connectivity index (χ1) is 8.94. The van der Waals surface area contributed by atoms with Gasteiger partial charge in [-0.3, -0.25) is 0 Å². The molecular weight excluding hydrogens is 270 g/mol. The van der Waals surface area contributed by atoms with E-state index in [2.05, 4.69) is 20.6 Å². The van der Waals surface area contributed by atoms with E-state index in [1.54, 1.807) is 13.1 Å². The number of nitrogens with zero attached hydrogens (tertiary/aromatic N) is 2. The van der Waals surface area contributed by atoms with Gasteiger partial charge in [0.2, 0.25) is 10.0 Å². The molecule has 1 aromatic rings. The minimum Gasteiger partial charge on any atom is -0.374 e. The third kappa shape index (κ3) is 6.32. The lowest BCUT2D eigenvalue weighted by molar-refractivity contribution is 0.128. The molecular formula is C10H19N5O3S. The van der Waals surface area contributed by atoms with Crippen LogP contribution >= 0.6 is 0 Å². The molecule has 0 aliphatic heterocycles. The van der Waals surface area contributed by atoms with E-state index in [-0.39, 0.29) is 12.3 Å². The summed E-state index contributed by atoms with van der Waals surface area (Å²) in [5.41, 5.74) is 0. The second-order valence-corrected chi connectivity index (χ2v) is 5.47. The Hall–Kier alpha value is -1.45. The summed E-state index contributed by atoms with van der Waals surface area (Å²) in [6.45, 7) is 2.94. The molecule has 0 saturated carbocycles. The highest BCUT2D eigenvalue weighted by molar-refractivity contribution is 7.89.